The molecule has 234 valence electrons. The van der Waals surface area contributed by atoms with E-state index in [-0.39, 0.29) is 22.3 Å². The fourth-order valence-electron chi connectivity index (χ4n) is 5.24. The molecule has 13 heteroatoms. The van der Waals surface area contributed by atoms with Crippen LogP contribution in [0.2, 0.25) is 0 Å². The van der Waals surface area contributed by atoms with Gasteiger partial charge in [0.25, 0.3) is 0 Å². The van der Waals surface area contributed by atoms with E-state index in [4.69, 9.17) is 14.9 Å². The average Bonchev–Trinajstić information content (AvgIpc) is 3.69. The molecule has 0 radical (unpaired) electrons. The average molecular weight is 639 g/mol. The number of thiazole rings is 1. The van der Waals surface area contributed by atoms with Crippen molar-refractivity contribution in [2.24, 2.45) is 0 Å². The quantitative estimate of drug-likeness (QED) is 0.210. The minimum Gasteiger partial charge on any atom is -0.478 e. The van der Waals surface area contributed by atoms with Crippen LogP contribution in [0.15, 0.2) is 66.4 Å². The summed E-state index contributed by atoms with van der Waals surface area (Å²) in [5.41, 5.74) is 4.22. The third-order valence-electron chi connectivity index (χ3n) is 7.64. The zero-order valence-electron chi connectivity index (χ0n) is 24.3. The Balaban J connectivity index is 0.000000259. The fourth-order valence-corrected chi connectivity index (χ4v) is 5.90. The third-order valence-corrected chi connectivity index (χ3v) is 8.44. The highest BCUT2D eigenvalue weighted by molar-refractivity contribution is 7.13. The van der Waals surface area contributed by atoms with Crippen molar-refractivity contribution in [3.8, 4) is 10.6 Å². The Kier molecular flexibility index (Phi) is 9.21. The Morgan fingerprint density at radius 2 is 1.62 bits per heavy atom. The van der Waals surface area contributed by atoms with Crippen molar-refractivity contribution in [2.45, 2.75) is 26.6 Å². The number of rotatable bonds is 6. The molecule has 0 atom stereocenters. The first kappa shape index (κ1) is 31.7. The van der Waals surface area contributed by atoms with Gasteiger partial charge in [-0.2, -0.15) is 13.2 Å². The summed E-state index contributed by atoms with van der Waals surface area (Å²) in [5.74, 6) is -2.22. The summed E-state index contributed by atoms with van der Waals surface area (Å²) in [5, 5.41) is 20.1. The molecule has 1 aliphatic heterocycles. The van der Waals surface area contributed by atoms with Gasteiger partial charge in [0.05, 0.1) is 47.3 Å². The van der Waals surface area contributed by atoms with Gasteiger partial charge >= 0.3 is 18.1 Å². The van der Waals surface area contributed by atoms with E-state index in [9.17, 15) is 22.8 Å². The van der Waals surface area contributed by atoms with Crippen LogP contribution in [0, 0.1) is 13.8 Å². The number of fused-ring (bicyclic) bond motifs is 1. The number of anilines is 1. The second-order valence-electron chi connectivity index (χ2n) is 10.3. The molecule has 5 aromatic rings. The Labute approximate surface area is 260 Å². The first-order valence-electron chi connectivity index (χ1n) is 13.9. The number of aromatic nitrogens is 3. The lowest BCUT2D eigenvalue weighted by molar-refractivity contribution is -0.138. The van der Waals surface area contributed by atoms with E-state index in [2.05, 4.69) is 27.0 Å². The molecule has 0 bridgehead atoms. The molecule has 0 aliphatic carbocycles. The molecule has 0 spiro atoms. The predicted molar refractivity (Wildman–Crippen MR) is 164 cm³/mol. The van der Waals surface area contributed by atoms with Crippen LogP contribution in [-0.4, -0.2) is 63.0 Å². The number of morpholine rings is 1. The summed E-state index contributed by atoms with van der Waals surface area (Å²) < 4.78 is 47.6. The summed E-state index contributed by atoms with van der Waals surface area (Å²) in [7, 11) is 0. The van der Waals surface area contributed by atoms with Crippen molar-refractivity contribution in [3.63, 3.8) is 0 Å². The van der Waals surface area contributed by atoms with Gasteiger partial charge in [0, 0.05) is 42.5 Å². The number of carboxylic acid groups (broad SMARTS) is 2. The maximum Gasteiger partial charge on any atom is 0.416 e. The maximum atomic E-state index is 13.4. The van der Waals surface area contributed by atoms with Crippen molar-refractivity contribution >= 4 is 40.0 Å². The van der Waals surface area contributed by atoms with Crippen molar-refractivity contribution in [1.82, 2.24) is 14.5 Å². The molecule has 1 aliphatic rings. The van der Waals surface area contributed by atoms with Gasteiger partial charge in [0.2, 0.25) is 0 Å². The van der Waals surface area contributed by atoms with E-state index in [1.807, 2.05) is 9.95 Å². The second kappa shape index (κ2) is 13.1. The molecule has 6 rings (SSSR count). The molecule has 3 aromatic carbocycles. The van der Waals surface area contributed by atoms with Crippen LogP contribution in [0.1, 0.15) is 43.0 Å². The van der Waals surface area contributed by atoms with Gasteiger partial charge in [-0.3, -0.25) is 0 Å². The smallest absolute Gasteiger partial charge is 0.416 e. The highest BCUT2D eigenvalue weighted by Crippen LogP contribution is 2.36. The molecule has 2 N–H and O–H groups in total. The van der Waals surface area contributed by atoms with E-state index in [1.54, 1.807) is 18.6 Å². The standard InChI is InChI=1S/C23H21F3N4OS.C9H8O4/c1-15-16(3-2-4-19(15)23(24,25)26)13-30-14-28-21-18(22-27-5-10-32-22)11-17(12-20(21)30)29-6-8-31-9-7-29;1-5-6(8(10)11)3-2-4-7(5)9(12)13/h2-5,10-12,14H,6-9,13H2,1H3;2-4H,1H3,(H,10,11)(H,12,13). The van der Waals surface area contributed by atoms with Crippen LogP contribution in [0.25, 0.3) is 21.6 Å². The van der Waals surface area contributed by atoms with E-state index in [0.29, 0.717) is 25.3 Å². The molecule has 45 heavy (non-hydrogen) atoms. The minimum atomic E-state index is -4.38. The number of ether oxygens (including phenoxy) is 1. The monoisotopic (exact) mass is 638 g/mol. The lowest BCUT2D eigenvalue weighted by atomic mass is 10.0. The SMILES string of the molecule is Cc1c(C(=O)O)cccc1C(=O)O.Cc1c(Cn2cnc3c(-c4nccs4)cc(N4CCOCC4)cc32)cccc1C(F)(F)F. The van der Waals surface area contributed by atoms with Crippen molar-refractivity contribution in [3.05, 3.63) is 99.8 Å². The van der Waals surface area contributed by atoms with Crippen molar-refractivity contribution in [2.75, 3.05) is 31.2 Å². The van der Waals surface area contributed by atoms with Gasteiger partial charge < -0.3 is 24.4 Å². The molecule has 0 saturated carbocycles. The third kappa shape index (κ3) is 6.84. The number of imidazole rings is 1. The predicted octanol–water partition coefficient (Wildman–Crippen LogP) is 6.76. The van der Waals surface area contributed by atoms with E-state index in [0.717, 1.165) is 46.4 Å². The number of aromatic carboxylic acids is 2. The summed E-state index contributed by atoms with van der Waals surface area (Å²) in [4.78, 5) is 32.6. The summed E-state index contributed by atoms with van der Waals surface area (Å²) in [6.45, 7) is 6.19. The van der Waals surface area contributed by atoms with Gasteiger partial charge in [-0.1, -0.05) is 18.2 Å². The molecular weight excluding hydrogens is 609 g/mol. The molecule has 3 heterocycles. The number of alkyl halides is 3. The van der Waals surface area contributed by atoms with Crippen LogP contribution in [0.3, 0.4) is 0 Å². The summed E-state index contributed by atoms with van der Waals surface area (Å²) in [6.07, 6.45) is -0.917. The van der Waals surface area contributed by atoms with Crippen molar-refractivity contribution in [1.29, 1.82) is 0 Å². The van der Waals surface area contributed by atoms with Gasteiger partial charge in [0.15, 0.2) is 0 Å². The first-order valence-corrected chi connectivity index (χ1v) is 14.8. The molecule has 0 unspecified atom stereocenters. The molecular formula is C32H29F3N4O5S. The van der Waals surface area contributed by atoms with Gasteiger partial charge in [-0.25, -0.2) is 19.6 Å². The zero-order chi connectivity index (χ0) is 32.3. The van der Waals surface area contributed by atoms with Crippen LogP contribution in [0.5, 0.6) is 0 Å². The van der Waals surface area contributed by atoms with E-state index >= 15 is 0 Å². The number of benzene rings is 3. The number of halogens is 3. The highest BCUT2D eigenvalue weighted by Gasteiger charge is 2.33. The normalized spacial score (nSPS) is 13.4. The van der Waals surface area contributed by atoms with Crippen LogP contribution < -0.4 is 4.90 Å². The van der Waals surface area contributed by atoms with Crippen LogP contribution >= 0.6 is 11.3 Å². The van der Waals surface area contributed by atoms with E-state index < -0.39 is 23.7 Å². The number of hydrogen-bond acceptors (Lipinski definition) is 7. The maximum absolute atomic E-state index is 13.4. The first-order chi connectivity index (χ1) is 21.5. The molecule has 0 amide bonds. The fraction of sp³-hybridized carbons (Fsp3) is 0.250. The van der Waals surface area contributed by atoms with Crippen LogP contribution in [-0.2, 0) is 17.5 Å². The Morgan fingerprint density at radius 3 is 2.22 bits per heavy atom. The van der Waals surface area contributed by atoms with E-state index in [1.165, 1.54) is 49.4 Å². The van der Waals surface area contributed by atoms with Gasteiger partial charge in [0.1, 0.15) is 5.01 Å². The number of carbonyl (C=O) groups is 2. The number of carboxylic acids is 2. The molecule has 9 nitrogen and oxygen atoms in total. The lowest BCUT2D eigenvalue weighted by Crippen LogP contribution is -2.36. The highest BCUT2D eigenvalue weighted by atomic mass is 32.1. The van der Waals surface area contributed by atoms with Crippen molar-refractivity contribution < 1.29 is 37.7 Å². The second-order valence-corrected chi connectivity index (χ2v) is 11.2. The molecule has 1 saturated heterocycles. The van der Waals surface area contributed by atoms with Crippen LogP contribution in [0.4, 0.5) is 18.9 Å². The van der Waals surface area contributed by atoms with Gasteiger partial charge in [-0.05, 0) is 60.9 Å². The Morgan fingerprint density at radius 1 is 0.956 bits per heavy atom. The Hall–Kier alpha value is -4.75. The topological polar surface area (TPSA) is 118 Å². The summed E-state index contributed by atoms with van der Waals surface area (Å²) in [6, 6.07) is 12.7. The van der Waals surface area contributed by atoms with Gasteiger partial charge in [-0.15, -0.1) is 11.3 Å². The lowest BCUT2D eigenvalue weighted by Gasteiger charge is -2.29. The molecule has 2 aromatic heterocycles. The Bertz CT molecular complexity index is 1820. The number of nitrogens with zero attached hydrogens (tertiary/aromatic N) is 4. The zero-order valence-corrected chi connectivity index (χ0v) is 25.2. The minimum absolute atomic E-state index is 0.0277. The summed E-state index contributed by atoms with van der Waals surface area (Å²) >= 11 is 1.54. The molecule has 1 fully saturated rings. The number of hydrogen-bond donors (Lipinski definition) is 2. The largest absolute Gasteiger partial charge is 0.478 e.